The van der Waals surface area contributed by atoms with E-state index in [9.17, 15) is 0 Å². The van der Waals surface area contributed by atoms with Gasteiger partial charge in [-0.2, -0.15) is 0 Å². The van der Waals surface area contributed by atoms with Crippen molar-refractivity contribution >= 4 is 13.4 Å². The molecule has 0 saturated carbocycles. The molecule has 0 aromatic carbocycles. The average molecular weight is 131 g/mol. The van der Waals surface area contributed by atoms with Crippen molar-refractivity contribution in [3.63, 3.8) is 0 Å². The first kappa shape index (κ1) is 7.86. The third-order valence-corrected chi connectivity index (χ3v) is 0.557. The lowest BCUT2D eigenvalue weighted by molar-refractivity contribution is -1.01. The third-order valence-electron chi connectivity index (χ3n) is 0.557. The van der Waals surface area contributed by atoms with E-state index < -0.39 is 0 Å². The van der Waals surface area contributed by atoms with Gasteiger partial charge in [-0.3, -0.25) is 0 Å². The van der Waals surface area contributed by atoms with Crippen LogP contribution in [0.15, 0.2) is 10.2 Å². The molecule has 0 aliphatic rings. The standard InChI is InChI=1S/C3H11N6/c1-5-7-9(3,4)8-6-2/h7-8H,1-2,4H2,3H3/q+1. The molecule has 0 bridgehead atoms. The molecule has 0 fully saturated rings. The largest absolute Gasteiger partial charge is 0.144 e. The Bertz CT molecular complexity index is 94.9. The zero-order chi connectivity index (χ0) is 7.33. The Kier molecular flexibility index (Phi) is 2.62. The Hall–Kier alpha value is -1.14. The van der Waals surface area contributed by atoms with Crippen LogP contribution in [-0.4, -0.2) is 25.3 Å². The Morgan fingerprint density at radius 3 is 1.89 bits per heavy atom. The number of hydrazone groups is 2. The number of hydrogen-bond acceptors (Lipinski definition) is 5. The van der Waals surface area contributed by atoms with Gasteiger partial charge in [-0.05, 0) is 4.81 Å². The average Bonchev–Trinajstić information content (AvgIpc) is 1.64. The fraction of sp³-hybridized carbons (Fsp3) is 0.333. The van der Waals surface area contributed by atoms with E-state index in [1.54, 1.807) is 7.05 Å². The maximum Gasteiger partial charge on any atom is 0.138 e. The van der Waals surface area contributed by atoms with E-state index >= 15 is 0 Å². The van der Waals surface area contributed by atoms with Gasteiger partial charge < -0.3 is 0 Å². The topological polar surface area (TPSA) is 74.8 Å². The number of quaternary nitrogens is 1. The first-order valence-corrected chi connectivity index (χ1v) is 2.23. The Balaban J connectivity index is 3.68. The summed E-state index contributed by atoms with van der Waals surface area (Å²) < 4.78 is 0. The molecule has 0 atom stereocenters. The summed E-state index contributed by atoms with van der Waals surface area (Å²) in [6, 6.07) is 0. The Morgan fingerprint density at radius 1 is 1.33 bits per heavy atom. The van der Waals surface area contributed by atoms with Crippen LogP contribution in [0.5, 0.6) is 0 Å². The van der Waals surface area contributed by atoms with Crippen LogP contribution in [0.2, 0.25) is 0 Å². The van der Waals surface area contributed by atoms with Crippen LogP contribution in [0.1, 0.15) is 0 Å². The maximum absolute atomic E-state index is 5.39. The summed E-state index contributed by atoms with van der Waals surface area (Å²) in [6.45, 7) is 6.34. The fourth-order valence-corrected chi connectivity index (χ4v) is 0.316. The number of hydrogen-bond donors (Lipinski definition) is 3. The van der Waals surface area contributed by atoms with Crippen molar-refractivity contribution in [2.24, 2.45) is 16.0 Å². The van der Waals surface area contributed by atoms with Crippen LogP contribution in [0, 0.1) is 0 Å². The van der Waals surface area contributed by atoms with Gasteiger partial charge >= 0.3 is 0 Å². The van der Waals surface area contributed by atoms with E-state index in [0.29, 0.717) is 0 Å². The highest BCUT2D eigenvalue weighted by atomic mass is 16.1. The maximum atomic E-state index is 5.39. The van der Waals surface area contributed by atoms with Crippen LogP contribution in [-0.2, 0) is 0 Å². The first-order valence-electron chi connectivity index (χ1n) is 2.23. The van der Waals surface area contributed by atoms with E-state index in [-0.39, 0.29) is 4.81 Å². The van der Waals surface area contributed by atoms with Gasteiger partial charge in [0.2, 0.25) is 0 Å². The van der Waals surface area contributed by atoms with E-state index in [4.69, 9.17) is 5.84 Å². The molecule has 0 aliphatic carbocycles. The molecule has 0 aromatic rings. The van der Waals surface area contributed by atoms with Crippen molar-refractivity contribution in [1.82, 2.24) is 11.1 Å². The van der Waals surface area contributed by atoms with E-state index in [1.807, 2.05) is 0 Å². The number of rotatable bonds is 4. The molecule has 6 heteroatoms. The summed E-state index contributed by atoms with van der Waals surface area (Å²) in [6.07, 6.45) is 0. The molecule has 0 rings (SSSR count). The van der Waals surface area contributed by atoms with Gasteiger partial charge in [0, 0.05) is 13.4 Å². The van der Waals surface area contributed by atoms with Crippen LogP contribution in [0.4, 0.5) is 0 Å². The van der Waals surface area contributed by atoms with E-state index in [1.165, 1.54) is 0 Å². The molecule has 0 aromatic heterocycles. The normalized spacial score (nSPS) is 10.0. The lowest BCUT2D eigenvalue weighted by Gasteiger charge is -2.21. The predicted octanol–water partition coefficient (Wildman–Crippen LogP) is -1.45. The number of nitrogens with one attached hydrogen (secondary N) is 2. The second-order valence-electron chi connectivity index (χ2n) is 1.59. The minimum atomic E-state index is -0.271. The first-order chi connectivity index (χ1) is 4.12. The summed E-state index contributed by atoms with van der Waals surface area (Å²) in [5.41, 5.74) is 4.81. The van der Waals surface area contributed by atoms with Gasteiger partial charge in [-0.15, -0.1) is 27.1 Å². The van der Waals surface area contributed by atoms with Gasteiger partial charge in [0.1, 0.15) is 7.05 Å². The van der Waals surface area contributed by atoms with Crippen molar-refractivity contribution in [2.75, 3.05) is 7.05 Å². The highest BCUT2D eigenvalue weighted by Crippen LogP contribution is 1.74. The SMILES string of the molecule is C=NN[N+](C)(N)NN=C. The van der Waals surface area contributed by atoms with Crippen LogP contribution in [0.3, 0.4) is 0 Å². The van der Waals surface area contributed by atoms with Gasteiger partial charge in [-0.1, -0.05) is 0 Å². The van der Waals surface area contributed by atoms with Crippen LogP contribution in [0.25, 0.3) is 0 Å². The van der Waals surface area contributed by atoms with Crippen molar-refractivity contribution in [3.8, 4) is 0 Å². The van der Waals surface area contributed by atoms with Gasteiger partial charge in [0.15, 0.2) is 0 Å². The number of nitrogens with two attached hydrogens (primary N) is 1. The summed E-state index contributed by atoms with van der Waals surface area (Å²) in [5, 5.41) is 6.65. The summed E-state index contributed by atoms with van der Waals surface area (Å²) in [5.74, 6) is 5.39. The van der Waals surface area contributed by atoms with E-state index in [2.05, 4.69) is 34.7 Å². The summed E-state index contributed by atoms with van der Waals surface area (Å²) in [4.78, 5) is -0.271. The van der Waals surface area contributed by atoms with Crippen molar-refractivity contribution < 1.29 is 4.81 Å². The molecule has 52 valence electrons. The molecule has 0 heterocycles. The van der Waals surface area contributed by atoms with Crippen LogP contribution < -0.4 is 16.9 Å². The second-order valence-corrected chi connectivity index (χ2v) is 1.59. The lowest BCUT2D eigenvalue weighted by atomic mass is 11.3. The molecule has 0 saturated heterocycles. The molecule has 4 N–H and O–H groups in total. The quantitative estimate of drug-likeness (QED) is 0.189. The number of nitrogens with zero attached hydrogens (tertiary/aromatic N) is 3. The summed E-state index contributed by atoms with van der Waals surface area (Å²) >= 11 is 0. The van der Waals surface area contributed by atoms with E-state index in [0.717, 1.165) is 0 Å². The van der Waals surface area contributed by atoms with Crippen molar-refractivity contribution in [3.05, 3.63) is 0 Å². The minimum absolute atomic E-state index is 0.271. The molecular formula is C3H11N6+. The highest BCUT2D eigenvalue weighted by molar-refractivity contribution is 5.22. The predicted molar refractivity (Wildman–Crippen MR) is 35.7 cm³/mol. The fourth-order valence-electron chi connectivity index (χ4n) is 0.316. The van der Waals surface area contributed by atoms with Crippen molar-refractivity contribution in [2.45, 2.75) is 0 Å². The zero-order valence-corrected chi connectivity index (χ0v) is 5.33. The zero-order valence-electron chi connectivity index (χ0n) is 5.33. The Labute approximate surface area is 53.5 Å². The molecular weight excluding hydrogens is 120 g/mol. The molecule has 0 spiro atoms. The van der Waals surface area contributed by atoms with Gasteiger partial charge in [-0.25, -0.2) is 0 Å². The monoisotopic (exact) mass is 131 g/mol. The van der Waals surface area contributed by atoms with Gasteiger partial charge in [0.25, 0.3) is 0 Å². The molecule has 0 radical (unpaired) electrons. The Morgan fingerprint density at radius 2 is 1.67 bits per heavy atom. The molecule has 0 unspecified atom stereocenters. The molecule has 0 aliphatic heterocycles. The smallest absolute Gasteiger partial charge is 0.138 e. The summed E-state index contributed by atoms with van der Waals surface area (Å²) in [7, 11) is 1.59. The molecule has 6 nitrogen and oxygen atoms in total. The van der Waals surface area contributed by atoms with Crippen molar-refractivity contribution in [1.29, 1.82) is 0 Å². The lowest BCUT2D eigenvalue weighted by Crippen LogP contribution is -2.65. The molecule has 9 heavy (non-hydrogen) atoms. The van der Waals surface area contributed by atoms with Crippen LogP contribution >= 0.6 is 0 Å². The highest BCUT2D eigenvalue weighted by Gasteiger charge is 2.10. The second kappa shape index (κ2) is 3.00. The molecule has 0 amide bonds. The van der Waals surface area contributed by atoms with Gasteiger partial charge in [0.05, 0.1) is 0 Å². The minimum Gasteiger partial charge on any atom is -0.144 e. The third kappa shape index (κ3) is 3.44.